The summed E-state index contributed by atoms with van der Waals surface area (Å²) in [4.78, 5) is 12.0. The molecule has 5 heteroatoms. The molecule has 2 aromatic rings. The van der Waals surface area contributed by atoms with Gasteiger partial charge in [0.2, 0.25) is 5.91 Å². The summed E-state index contributed by atoms with van der Waals surface area (Å²) in [5, 5.41) is 5.99. The Morgan fingerprint density at radius 1 is 1.12 bits per heavy atom. The van der Waals surface area contributed by atoms with Crippen LogP contribution in [0.15, 0.2) is 54.6 Å². The smallest absolute Gasteiger partial charge is 0.226 e. The predicted octanol–water partition coefficient (Wildman–Crippen LogP) is 3.92. The first-order valence-electron chi connectivity index (χ1n) is 7.94. The van der Waals surface area contributed by atoms with Crippen molar-refractivity contribution in [3.8, 4) is 5.75 Å². The number of ether oxygens (including phenoxy) is 1. The molecule has 0 saturated heterocycles. The summed E-state index contributed by atoms with van der Waals surface area (Å²) in [5.74, 6) is 0.652. The number of anilines is 1. The van der Waals surface area contributed by atoms with Crippen molar-refractivity contribution in [1.82, 2.24) is 5.32 Å². The summed E-state index contributed by atoms with van der Waals surface area (Å²) >= 11 is 5.19. The minimum Gasteiger partial charge on any atom is -0.491 e. The minimum absolute atomic E-state index is 0.102. The molecule has 126 valence electrons. The van der Waals surface area contributed by atoms with Crippen LogP contribution in [-0.4, -0.2) is 17.1 Å². The van der Waals surface area contributed by atoms with Gasteiger partial charge in [-0.2, -0.15) is 0 Å². The van der Waals surface area contributed by atoms with E-state index in [2.05, 4.69) is 10.6 Å². The van der Waals surface area contributed by atoms with Crippen molar-refractivity contribution in [3.63, 3.8) is 0 Å². The van der Waals surface area contributed by atoms with Crippen LogP contribution in [0.3, 0.4) is 0 Å². The lowest BCUT2D eigenvalue weighted by atomic mass is 10.1. The molecule has 0 fully saturated rings. The highest BCUT2D eigenvalue weighted by atomic mass is 32.1. The zero-order valence-electron chi connectivity index (χ0n) is 13.9. The molecule has 0 spiro atoms. The van der Waals surface area contributed by atoms with Crippen LogP contribution in [0.2, 0.25) is 0 Å². The number of thiocarbonyl (C=S) groups is 1. The molecular weight excluding hydrogens is 320 g/mol. The third kappa shape index (κ3) is 6.38. The van der Waals surface area contributed by atoms with Crippen LogP contribution in [0.4, 0.5) is 5.69 Å². The molecule has 0 heterocycles. The van der Waals surface area contributed by atoms with Crippen molar-refractivity contribution in [2.24, 2.45) is 0 Å². The van der Waals surface area contributed by atoms with E-state index in [9.17, 15) is 4.79 Å². The number of nitrogens with one attached hydrogen (secondary N) is 2. The Hall–Kier alpha value is -2.40. The van der Waals surface area contributed by atoms with Crippen molar-refractivity contribution in [3.05, 3.63) is 60.2 Å². The number of benzene rings is 2. The summed E-state index contributed by atoms with van der Waals surface area (Å²) in [6.07, 6.45) is 1.18. The van der Waals surface area contributed by atoms with Gasteiger partial charge in [0.25, 0.3) is 0 Å². The van der Waals surface area contributed by atoms with Gasteiger partial charge in [0, 0.05) is 18.2 Å². The van der Waals surface area contributed by atoms with Gasteiger partial charge in [-0.3, -0.25) is 4.79 Å². The summed E-state index contributed by atoms with van der Waals surface area (Å²) in [6, 6.07) is 17.4. The molecule has 0 aliphatic heterocycles. The maximum absolute atomic E-state index is 12.0. The number of carbonyl (C=O) groups excluding carboxylic acids is 1. The van der Waals surface area contributed by atoms with Crippen LogP contribution in [0.1, 0.15) is 25.8 Å². The quantitative estimate of drug-likeness (QED) is 0.781. The van der Waals surface area contributed by atoms with Crippen molar-refractivity contribution in [2.75, 3.05) is 5.32 Å². The number of aryl methyl sites for hydroxylation is 1. The summed E-state index contributed by atoms with van der Waals surface area (Å²) in [7, 11) is 0. The Labute approximate surface area is 148 Å². The van der Waals surface area contributed by atoms with Gasteiger partial charge < -0.3 is 15.4 Å². The fourth-order valence-corrected chi connectivity index (χ4v) is 2.41. The summed E-state index contributed by atoms with van der Waals surface area (Å²) in [6.45, 7) is 3.94. The van der Waals surface area contributed by atoms with Gasteiger partial charge in [-0.1, -0.05) is 36.4 Å². The molecule has 0 aliphatic rings. The fourth-order valence-electron chi connectivity index (χ4n) is 2.17. The number of hydrogen-bond donors (Lipinski definition) is 2. The van der Waals surface area contributed by atoms with Gasteiger partial charge in [0.1, 0.15) is 5.75 Å². The number of hydrogen-bond acceptors (Lipinski definition) is 3. The highest BCUT2D eigenvalue weighted by Crippen LogP contribution is 2.18. The fraction of sp³-hybridized carbons (Fsp3) is 0.263. The topological polar surface area (TPSA) is 50.4 Å². The third-order valence-electron chi connectivity index (χ3n) is 3.20. The van der Waals surface area contributed by atoms with E-state index in [1.807, 2.05) is 68.4 Å². The first-order valence-corrected chi connectivity index (χ1v) is 8.35. The highest BCUT2D eigenvalue weighted by molar-refractivity contribution is 7.80. The zero-order chi connectivity index (χ0) is 17.4. The van der Waals surface area contributed by atoms with Crippen molar-refractivity contribution in [2.45, 2.75) is 32.8 Å². The van der Waals surface area contributed by atoms with Gasteiger partial charge in [0.05, 0.1) is 6.10 Å². The molecule has 2 rings (SSSR count). The molecule has 1 amide bonds. The van der Waals surface area contributed by atoms with E-state index >= 15 is 0 Å². The number of carbonyl (C=O) groups is 1. The van der Waals surface area contributed by atoms with Gasteiger partial charge >= 0.3 is 0 Å². The van der Waals surface area contributed by atoms with Crippen LogP contribution in [0.5, 0.6) is 5.75 Å². The van der Waals surface area contributed by atoms with Crippen molar-refractivity contribution in [1.29, 1.82) is 0 Å². The van der Waals surface area contributed by atoms with Gasteiger partial charge in [-0.25, -0.2) is 0 Å². The van der Waals surface area contributed by atoms with E-state index in [0.717, 1.165) is 17.0 Å². The summed E-state index contributed by atoms with van der Waals surface area (Å²) in [5.41, 5.74) is 1.91. The molecule has 0 unspecified atom stereocenters. The Morgan fingerprint density at radius 2 is 1.88 bits per heavy atom. The lowest BCUT2D eigenvalue weighted by molar-refractivity contribution is -0.119. The zero-order valence-corrected chi connectivity index (χ0v) is 14.7. The van der Waals surface area contributed by atoms with Crippen molar-refractivity contribution < 1.29 is 9.53 Å². The Morgan fingerprint density at radius 3 is 2.58 bits per heavy atom. The molecule has 0 bridgehead atoms. The Balaban J connectivity index is 1.81. The molecule has 0 atom stereocenters. The van der Waals surface area contributed by atoms with Gasteiger partial charge in [-0.05, 0) is 50.2 Å². The summed E-state index contributed by atoms with van der Waals surface area (Å²) < 4.78 is 5.63. The third-order valence-corrected chi connectivity index (χ3v) is 3.40. The maximum Gasteiger partial charge on any atom is 0.226 e. The lowest BCUT2D eigenvalue weighted by Gasteiger charge is -2.13. The van der Waals surface area contributed by atoms with E-state index < -0.39 is 0 Å². The molecule has 24 heavy (non-hydrogen) atoms. The van der Waals surface area contributed by atoms with Crippen molar-refractivity contribution >= 4 is 28.9 Å². The first kappa shape index (κ1) is 17.9. The molecule has 0 saturated carbocycles. The van der Waals surface area contributed by atoms with E-state index in [1.165, 1.54) is 0 Å². The van der Waals surface area contributed by atoms with Crippen LogP contribution in [0, 0.1) is 0 Å². The number of amides is 1. The Bertz CT molecular complexity index is 687. The van der Waals surface area contributed by atoms with E-state index in [-0.39, 0.29) is 17.1 Å². The van der Waals surface area contributed by atoms with E-state index in [1.54, 1.807) is 0 Å². The van der Waals surface area contributed by atoms with E-state index in [4.69, 9.17) is 17.0 Å². The Kier molecular flexibility index (Phi) is 6.75. The van der Waals surface area contributed by atoms with Crippen LogP contribution in [0.25, 0.3) is 0 Å². The van der Waals surface area contributed by atoms with Gasteiger partial charge in [-0.15, -0.1) is 0 Å². The normalized spacial score (nSPS) is 10.3. The lowest BCUT2D eigenvalue weighted by Crippen LogP contribution is -2.34. The molecule has 2 aromatic carbocycles. The average molecular weight is 342 g/mol. The second-order valence-electron chi connectivity index (χ2n) is 5.68. The molecule has 2 N–H and O–H groups in total. The predicted molar refractivity (Wildman–Crippen MR) is 101 cm³/mol. The monoisotopic (exact) mass is 342 g/mol. The molecule has 4 nitrogen and oxygen atoms in total. The van der Waals surface area contributed by atoms with Crippen LogP contribution >= 0.6 is 12.2 Å². The second-order valence-corrected chi connectivity index (χ2v) is 6.09. The largest absolute Gasteiger partial charge is 0.491 e. The average Bonchev–Trinajstić information content (AvgIpc) is 2.53. The maximum atomic E-state index is 12.0. The molecule has 0 aliphatic carbocycles. The van der Waals surface area contributed by atoms with Gasteiger partial charge in [0.15, 0.2) is 5.11 Å². The second kappa shape index (κ2) is 9.03. The van der Waals surface area contributed by atoms with E-state index in [0.29, 0.717) is 12.8 Å². The van der Waals surface area contributed by atoms with Crippen LogP contribution in [-0.2, 0) is 11.2 Å². The van der Waals surface area contributed by atoms with Crippen LogP contribution < -0.4 is 15.4 Å². The SMILES string of the molecule is CC(C)Oc1cccc(NC(=S)NC(=O)CCc2ccccc2)c1. The minimum atomic E-state index is -0.106. The highest BCUT2D eigenvalue weighted by Gasteiger charge is 2.06. The first-order chi connectivity index (χ1) is 11.5. The molecular formula is C19H22N2O2S. The molecule has 0 aromatic heterocycles. The standard InChI is InChI=1S/C19H22N2O2S/c1-14(2)23-17-10-6-9-16(13-17)20-19(24)21-18(22)12-11-15-7-4-3-5-8-15/h3-10,13-14H,11-12H2,1-2H3,(H2,20,21,22,24). The molecule has 0 radical (unpaired) electrons. The number of rotatable bonds is 6.